The van der Waals surface area contributed by atoms with E-state index < -0.39 is 12.1 Å². The summed E-state index contributed by atoms with van der Waals surface area (Å²) in [4.78, 5) is 0. The van der Waals surface area contributed by atoms with E-state index in [4.69, 9.17) is 20.4 Å². The molecular weight excluding hydrogens is 172 g/mol. The maximum atomic E-state index is 8.99. The van der Waals surface area contributed by atoms with Gasteiger partial charge in [-0.05, 0) is 6.42 Å². The lowest BCUT2D eigenvalue weighted by Gasteiger charge is -2.20. The number of hydrogen-bond donors (Lipinski definition) is 4. The Morgan fingerprint density at radius 3 is 2.00 bits per heavy atom. The van der Waals surface area contributed by atoms with Crippen molar-refractivity contribution in [1.29, 1.82) is 0 Å². The van der Waals surface area contributed by atoms with Crippen molar-refractivity contribution >= 4 is 0 Å². The molecule has 0 aromatic rings. The van der Waals surface area contributed by atoms with E-state index in [1.165, 1.54) is 0 Å². The van der Waals surface area contributed by atoms with Crippen LogP contribution < -0.4 is 0 Å². The third-order valence-electron chi connectivity index (χ3n) is 2.03. The van der Waals surface area contributed by atoms with Gasteiger partial charge in [0, 0.05) is 0 Å². The fourth-order valence-corrected chi connectivity index (χ4v) is 1.13. The summed E-state index contributed by atoms with van der Waals surface area (Å²) in [6, 6.07) is 0. The average molecular weight is 192 g/mol. The molecule has 0 aromatic heterocycles. The van der Waals surface area contributed by atoms with Crippen molar-refractivity contribution in [3.8, 4) is 0 Å². The second kappa shape index (κ2) is 6.32. The quantitative estimate of drug-likeness (QED) is 0.346. The van der Waals surface area contributed by atoms with Crippen LogP contribution in [0.1, 0.15) is 45.4 Å². The van der Waals surface area contributed by atoms with Crippen LogP contribution in [0.4, 0.5) is 0 Å². The summed E-state index contributed by atoms with van der Waals surface area (Å²) in [6.45, 7) is 2.11. The zero-order valence-electron chi connectivity index (χ0n) is 8.11. The maximum Gasteiger partial charge on any atom is 0.302 e. The predicted molar refractivity (Wildman–Crippen MR) is 48.8 cm³/mol. The fourth-order valence-electron chi connectivity index (χ4n) is 1.13. The largest absolute Gasteiger partial charge is 0.385 e. The molecule has 1 unspecified atom stereocenters. The maximum absolute atomic E-state index is 8.99. The Kier molecular flexibility index (Phi) is 6.24. The molecule has 0 heterocycles. The van der Waals surface area contributed by atoms with Gasteiger partial charge in [0.25, 0.3) is 0 Å². The van der Waals surface area contributed by atoms with Crippen LogP contribution in [0.15, 0.2) is 0 Å². The normalized spacial score (nSPS) is 14.5. The molecule has 4 N–H and O–H groups in total. The second-order valence-corrected chi connectivity index (χ2v) is 3.41. The molecule has 80 valence electrons. The molecule has 0 rings (SSSR count). The summed E-state index contributed by atoms with van der Waals surface area (Å²) in [6.07, 6.45) is 3.77. The lowest BCUT2D eigenvalue weighted by molar-refractivity contribution is -0.355. The van der Waals surface area contributed by atoms with E-state index in [2.05, 4.69) is 6.92 Å². The van der Waals surface area contributed by atoms with E-state index in [1.54, 1.807) is 0 Å². The van der Waals surface area contributed by atoms with Crippen molar-refractivity contribution in [3.05, 3.63) is 0 Å². The van der Waals surface area contributed by atoms with E-state index >= 15 is 0 Å². The van der Waals surface area contributed by atoms with Gasteiger partial charge >= 0.3 is 5.97 Å². The zero-order valence-corrected chi connectivity index (χ0v) is 8.11. The van der Waals surface area contributed by atoms with Crippen LogP contribution in [0, 0.1) is 0 Å². The Balaban J connectivity index is 3.32. The van der Waals surface area contributed by atoms with Crippen LogP contribution in [0.25, 0.3) is 0 Å². The summed E-state index contributed by atoms with van der Waals surface area (Å²) in [7, 11) is 0. The van der Waals surface area contributed by atoms with Gasteiger partial charge in [-0.1, -0.05) is 39.0 Å². The molecule has 0 aromatic carbocycles. The predicted octanol–water partition coefficient (Wildman–Crippen LogP) is 0.338. The number of rotatable bonds is 7. The van der Waals surface area contributed by atoms with Gasteiger partial charge in [0.05, 0.1) is 0 Å². The first-order chi connectivity index (χ1) is 5.98. The Labute approximate surface area is 78.8 Å². The van der Waals surface area contributed by atoms with E-state index in [1.807, 2.05) is 0 Å². The molecule has 4 nitrogen and oxygen atoms in total. The van der Waals surface area contributed by atoms with Gasteiger partial charge in [-0.15, -0.1) is 0 Å². The number of hydrogen-bond acceptors (Lipinski definition) is 4. The van der Waals surface area contributed by atoms with Crippen molar-refractivity contribution < 1.29 is 20.4 Å². The highest BCUT2D eigenvalue weighted by molar-refractivity contribution is 4.62. The molecular formula is C9H20O4. The summed E-state index contributed by atoms with van der Waals surface area (Å²) in [5.41, 5.74) is 0. The van der Waals surface area contributed by atoms with Crippen LogP contribution in [-0.2, 0) is 0 Å². The van der Waals surface area contributed by atoms with Crippen LogP contribution in [0.3, 0.4) is 0 Å². The van der Waals surface area contributed by atoms with Gasteiger partial charge in [0.15, 0.2) is 0 Å². The molecule has 0 bridgehead atoms. The van der Waals surface area contributed by atoms with Crippen LogP contribution in [0.2, 0.25) is 0 Å². The first-order valence-electron chi connectivity index (χ1n) is 4.83. The number of aliphatic hydroxyl groups is 4. The molecule has 0 amide bonds. The Morgan fingerprint density at radius 1 is 1.00 bits per heavy atom. The van der Waals surface area contributed by atoms with Crippen LogP contribution in [0.5, 0.6) is 0 Å². The Bertz CT molecular complexity index is 119. The highest BCUT2D eigenvalue weighted by Gasteiger charge is 2.29. The number of unbranched alkanes of at least 4 members (excludes halogenated alkanes) is 4. The second-order valence-electron chi connectivity index (χ2n) is 3.41. The molecule has 0 aliphatic heterocycles. The van der Waals surface area contributed by atoms with E-state index in [-0.39, 0.29) is 6.42 Å². The lowest BCUT2D eigenvalue weighted by Crippen LogP contribution is -2.41. The minimum atomic E-state index is -2.94. The monoisotopic (exact) mass is 192 g/mol. The molecule has 0 aliphatic rings. The van der Waals surface area contributed by atoms with Crippen LogP contribution >= 0.6 is 0 Å². The summed E-state index contributed by atoms with van der Waals surface area (Å²) >= 11 is 0. The number of aliphatic hydroxyl groups excluding tert-OH is 1. The molecule has 13 heavy (non-hydrogen) atoms. The molecule has 0 aliphatic carbocycles. The van der Waals surface area contributed by atoms with Crippen molar-refractivity contribution in [1.82, 2.24) is 0 Å². The van der Waals surface area contributed by atoms with E-state index in [0.29, 0.717) is 6.42 Å². The van der Waals surface area contributed by atoms with Gasteiger partial charge in [-0.25, -0.2) is 0 Å². The Hall–Kier alpha value is -0.160. The van der Waals surface area contributed by atoms with Gasteiger partial charge in [0.1, 0.15) is 6.10 Å². The third kappa shape index (κ3) is 6.95. The SMILES string of the molecule is CCCCCCCC(O)C(O)(O)O. The lowest BCUT2D eigenvalue weighted by atomic mass is 10.1. The van der Waals surface area contributed by atoms with E-state index in [0.717, 1.165) is 25.7 Å². The van der Waals surface area contributed by atoms with Crippen molar-refractivity contribution in [2.75, 3.05) is 0 Å². The summed E-state index contributed by atoms with van der Waals surface area (Å²) in [5, 5.41) is 34.6. The minimum Gasteiger partial charge on any atom is -0.385 e. The first-order valence-corrected chi connectivity index (χ1v) is 4.83. The smallest absolute Gasteiger partial charge is 0.302 e. The summed E-state index contributed by atoms with van der Waals surface area (Å²) in [5.74, 6) is -2.94. The third-order valence-corrected chi connectivity index (χ3v) is 2.03. The molecule has 0 saturated carbocycles. The van der Waals surface area contributed by atoms with Gasteiger partial charge in [0.2, 0.25) is 0 Å². The highest BCUT2D eigenvalue weighted by Crippen LogP contribution is 2.12. The zero-order chi connectivity index (χ0) is 10.3. The fraction of sp³-hybridized carbons (Fsp3) is 1.00. The van der Waals surface area contributed by atoms with Gasteiger partial charge < -0.3 is 20.4 Å². The molecule has 0 spiro atoms. The average Bonchev–Trinajstić information content (AvgIpc) is 2.02. The molecule has 1 atom stereocenters. The molecule has 4 heteroatoms. The van der Waals surface area contributed by atoms with Crippen LogP contribution in [-0.4, -0.2) is 32.5 Å². The standard InChI is InChI=1S/C9H20O4/c1-2-3-4-5-6-7-8(10)9(11,12)13/h8,10-13H,2-7H2,1H3. The topological polar surface area (TPSA) is 80.9 Å². The minimum absolute atomic E-state index is 0.215. The first kappa shape index (κ1) is 12.8. The summed E-state index contributed by atoms with van der Waals surface area (Å²) < 4.78 is 0. The molecule has 0 saturated heterocycles. The van der Waals surface area contributed by atoms with Gasteiger partial charge in [-0.3, -0.25) is 0 Å². The highest BCUT2D eigenvalue weighted by atomic mass is 16.7. The Morgan fingerprint density at radius 2 is 1.54 bits per heavy atom. The molecule has 0 radical (unpaired) electrons. The van der Waals surface area contributed by atoms with E-state index in [9.17, 15) is 0 Å². The van der Waals surface area contributed by atoms with Gasteiger partial charge in [-0.2, -0.15) is 0 Å². The van der Waals surface area contributed by atoms with Crippen molar-refractivity contribution in [2.24, 2.45) is 0 Å². The van der Waals surface area contributed by atoms with Crippen molar-refractivity contribution in [3.63, 3.8) is 0 Å². The van der Waals surface area contributed by atoms with Crippen molar-refractivity contribution in [2.45, 2.75) is 57.5 Å². The molecule has 0 fully saturated rings.